The van der Waals surface area contributed by atoms with Gasteiger partial charge >= 0.3 is 0 Å². The highest BCUT2D eigenvalue weighted by molar-refractivity contribution is 5.94. The van der Waals surface area contributed by atoms with E-state index >= 15 is 0 Å². The molecule has 0 radical (unpaired) electrons. The summed E-state index contributed by atoms with van der Waals surface area (Å²) in [6, 6.07) is 8.44. The van der Waals surface area contributed by atoms with Gasteiger partial charge in [-0.25, -0.2) is 13.2 Å². The fourth-order valence-electron chi connectivity index (χ4n) is 2.19. The number of hydrogen-bond acceptors (Lipinski definition) is 2. The number of nitrogens with one attached hydrogen (secondary N) is 1. The lowest BCUT2D eigenvalue weighted by Gasteiger charge is -2.17. The highest BCUT2D eigenvalue weighted by Crippen LogP contribution is 2.09. The van der Waals surface area contributed by atoms with E-state index < -0.39 is 17.5 Å². The van der Waals surface area contributed by atoms with Gasteiger partial charge in [0.25, 0.3) is 5.91 Å². The molecule has 1 N–H and O–H groups in total. The van der Waals surface area contributed by atoms with Gasteiger partial charge < -0.3 is 10.2 Å². The normalized spacial score (nSPS) is 10.4. The average Bonchev–Trinajstić information content (AvgIpc) is 2.56. The number of halogens is 3. The summed E-state index contributed by atoms with van der Waals surface area (Å²) >= 11 is 0. The van der Waals surface area contributed by atoms with Gasteiger partial charge in [-0.1, -0.05) is 12.1 Å². The average molecular weight is 350 g/mol. The van der Waals surface area contributed by atoms with Crippen LogP contribution >= 0.6 is 0 Å². The Labute approximate surface area is 143 Å². The Hall–Kier alpha value is -2.83. The first-order valence-electron chi connectivity index (χ1n) is 7.58. The molecule has 132 valence electrons. The predicted octanol–water partition coefficient (Wildman–Crippen LogP) is 2.88. The van der Waals surface area contributed by atoms with Crippen molar-refractivity contribution in [3.8, 4) is 0 Å². The lowest BCUT2D eigenvalue weighted by molar-refractivity contribution is -0.130. The first-order chi connectivity index (χ1) is 11.9. The molecule has 0 aliphatic heterocycles. The minimum absolute atomic E-state index is 0.0161. The van der Waals surface area contributed by atoms with Gasteiger partial charge in [0.05, 0.1) is 5.56 Å². The van der Waals surface area contributed by atoms with Crippen LogP contribution in [0, 0.1) is 17.5 Å². The zero-order valence-electron chi connectivity index (χ0n) is 13.6. The molecular formula is C18H17F3N2O2. The summed E-state index contributed by atoms with van der Waals surface area (Å²) in [6.07, 6.45) is 0.0201. The van der Waals surface area contributed by atoms with Crippen molar-refractivity contribution in [1.29, 1.82) is 0 Å². The summed E-state index contributed by atoms with van der Waals surface area (Å²) in [5.41, 5.74) is 0.489. The maximum absolute atomic E-state index is 13.5. The molecule has 0 fully saturated rings. The van der Waals surface area contributed by atoms with Gasteiger partial charge in [0, 0.05) is 32.6 Å². The van der Waals surface area contributed by atoms with Crippen LogP contribution in [0.4, 0.5) is 13.2 Å². The number of rotatable bonds is 6. The van der Waals surface area contributed by atoms with Crippen molar-refractivity contribution in [2.45, 2.75) is 13.0 Å². The topological polar surface area (TPSA) is 49.4 Å². The third-order valence-corrected chi connectivity index (χ3v) is 3.56. The van der Waals surface area contributed by atoms with Gasteiger partial charge in [0.2, 0.25) is 5.91 Å². The maximum Gasteiger partial charge on any atom is 0.254 e. The summed E-state index contributed by atoms with van der Waals surface area (Å²) < 4.78 is 39.1. The summed E-state index contributed by atoms with van der Waals surface area (Å²) in [6.45, 7) is 0.321. The first kappa shape index (κ1) is 18.5. The molecule has 2 aromatic rings. The van der Waals surface area contributed by atoms with E-state index in [2.05, 4.69) is 5.32 Å². The van der Waals surface area contributed by atoms with E-state index in [9.17, 15) is 22.8 Å². The van der Waals surface area contributed by atoms with E-state index in [0.717, 1.165) is 17.7 Å². The van der Waals surface area contributed by atoms with Gasteiger partial charge in [0.1, 0.15) is 17.5 Å². The molecule has 0 aromatic heterocycles. The number of hydrogen-bond donors (Lipinski definition) is 1. The zero-order chi connectivity index (χ0) is 18.4. The van der Waals surface area contributed by atoms with E-state index in [1.807, 2.05) is 0 Å². The number of carbonyl (C=O) groups is 2. The summed E-state index contributed by atoms with van der Waals surface area (Å²) in [7, 11) is 1.59. The number of benzene rings is 2. The summed E-state index contributed by atoms with van der Waals surface area (Å²) in [4.78, 5) is 25.3. The van der Waals surface area contributed by atoms with Crippen LogP contribution < -0.4 is 5.32 Å². The van der Waals surface area contributed by atoms with Crippen molar-refractivity contribution in [2.24, 2.45) is 0 Å². The van der Waals surface area contributed by atoms with Gasteiger partial charge in [-0.2, -0.15) is 0 Å². The van der Waals surface area contributed by atoms with Crippen molar-refractivity contribution in [1.82, 2.24) is 10.2 Å². The van der Waals surface area contributed by atoms with Crippen LogP contribution in [0.25, 0.3) is 0 Å². The molecule has 25 heavy (non-hydrogen) atoms. The van der Waals surface area contributed by atoms with Crippen molar-refractivity contribution in [3.63, 3.8) is 0 Å². The molecule has 0 spiro atoms. The Morgan fingerprint density at radius 2 is 1.64 bits per heavy atom. The van der Waals surface area contributed by atoms with Crippen LogP contribution in [-0.2, 0) is 11.3 Å². The van der Waals surface area contributed by atoms with Crippen LogP contribution in [0.3, 0.4) is 0 Å². The number of carbonyl (C=O) groups excluding carboxylic acids is 2. The molecule has 0 bridgehead atoms. The molecule has 2 rings (SSSR count). The Morgan fingerprint density at radius 3 is 2.28 bits per heavy atom. The zero-order valence-corrected chi connectivity index (χ0v) is 13.6. The number of nitrogens with zero attached hydrogens (tertiary/aromatic N) is 1. The highest BCUT2D eigenvalue weighted by Gasteiger charge is 2.14. The van der Waals surface area contributed by atoms with E-state index in [0.29, 0.717) is 12.6 Å². The quantitative estimate of drug-likeness (QED) is 0.871. The monoisotopic (exact) mass is 350 g/mol. The molecule has 0 saturated carbocycles. The molecule has 0 aliphatic carbocycles. The summed E-state index contributed by atoms with van der Waals surface area (Å²) in [5.74, 6) is -3.03. The Bertz CT molecular complexity index is 763. The second kappa shape index (κ2) is 8.32. The van der Waals surface area contributed by atoms with E-state index in [1.165, 1.54) is 17.0 Å². The molecule has 7 heteroatoms. The van der Waals surface area contributed by atoms with Crippen LogP contribution in [-0.4, -0.2) is 30.3 Å². The molecule has 0 saturated heterocycles. The Morgan fingerprint density at radius 1 is 1.00 bits per heavy atom. The van der Waals surface area contributed by atoms with Gasteiger partial charge in [-0.05, 0) is 29.8 Å². The largest absolute Gasteiger partial charge is 0.351 e. The number of amides is 2. The standard InChI is InChI=1S/C18H17F3N2O2/c1-23(11-12-2-4-13(19)5-3-12)17(24)8-9-22-18(25)15-7-6-14(20)10-16(15)21/h2-7,10H,8-9,11H2,1H3,(H,22,25). The van der Waals surface area contributed by atoms with Crippen LogP contribution in [0.1, 0.15) is 22.3 Å². The minimum atomic E-state index is -0.961. The molecule has 0 aliphatic rings. The van der Waals surface area contributed by atoms with Crippen molar-refractivity contribution < 1.29 is 22.8 Å². The van der Waals surface area contributed by atoms with Gasteiger partial charge in [0.15, 0.2) is 0 Å². The molecule has 0 unspecified atom stereocenters. The predicted molar refractivity (Wildman–Crippen MR) is 86.2 cm³/mol. The van der Waals surface area contributed by atoms with Crippen LogP contribution in [0.15, 0.2) is 42.5 Å². The van der Waals surface area contributed by atoms with Crippen molar-refractivity contribution in [2.75, 3.05) is 13.6 Å². The lowest BCUT2D eigenvalue weighted by Crippen LogP contribution is -2.32. The van der Waals surface area contributed by atoms with Gasteiger partial charge in [-0.3, -0.25) is 9.59 Å². The molecule has 2 aromatic carbocycles. The molecule has 4 nitrogen and oxygen atoms in total. The molecule has 2 amide bonds. The first-order valence-corrected chi connectivity index (χ1v) is 7.58. The van der Waals surface area contributed by atoms with Crippen molar-refractivity contribution >= 4 is 11.8 Å². The highest BCUT2D eigenvalue weighted by atomic mass is 19.1. The summed E-state index contributed by atoms with van der Waals surface area (Å²) in [5, 5.41) is 2.42. The minimum Gasteiger partial charge on any atom is -0.351 e. The Balaban J connectivity index is 1.81. The molecular weight excluding hydrogens is 333 g/mol. The van der Waals surface area contributed by atoms with Gasteiger partial charge in [-0.15, -0.1) is 0 Å². The SMILES string of the molecule is CN(Cc1ccc(F)cc1)C(=O)CCNC(=O)c1ccc(F)cc1F. The van der Waals surface area contributed by atoms with E-state index in [4.69, 9.17) is 0 Å². The molecule has 0 atom stereocenters. The second-order valence-electron chi connectivity index (χ2n) is 5.51. The Kier molecular flexibility index (Phi) is 6.16. The maximum atomic E-state index is 13.5. The third-order valence-electron chi connectivity index (χ3n) is 3.56. The van der Waals surface area contributed by atoms with E-state index in [1.54, 1.807) is 19.2 Å². The van der Waals surface area contributed by atoms with Crippen LogP contribution in [0.5, 0.6) is 0 Å². The van der Waals surface area contributed by atoms with Crippen LogP contribution in [0.2, 0.25) is 0 Å². The second-order valence-corrected chi connectivity index (χ2v) is 5.51. The fourth-order valence-corrected chi connectivity index (χ4v) is 2.19. The van der Waals surface area contributed by atoms with E-state index in [-0.39, 0.29) is 30.3 Å². The third kappa shape index (κ3) is 5.34. The fraction of sp³-hybridized carbons (Fsp3) is 0.222. The van der Waals surface area contributed by atoms with Crippen molar-refractivity contribution in [3.05, 3.63) is 71.0 Å². The smallest absolute Gasteiger partial charge is 0.254 e. The molecule has 0 heterocycles. The lowest BCUT2D eigenvalue weighted by atomic mass is 10.2.